The summed E-state index contributed by atoms with van der Waals surface area (Å²) in [6, 6.07) is 11.8. The van der Waals surface area contributed by atoms with Crippen LogP contribution >= 0.6 is 0 Å². The Labute approximate surface area is 257 Å². The third-order valence-electron chi connectivity index (χ3n) is 8.29. The molecule has 15 heteroatoms. The Morgan fingerprint density at radius 3 is 2.13 bits per heavy atom. The van der Waals surface area contributed by atoms with Gasteiger partial charge in [0.15, 0.2) is 0 Å². The maximum atomic E-state index is 13.8. The van der Waals surface area contributed by atoms with E-state index in [1.54, 1.807) is 24.3 Å². The molecule has 5 N–H and O–H groups in total. The smallest absolute Gasteiger partial charge is 0.481 e. The number of hydrogen-bond donors (Lipinski definition) is 5. The van der Waals surface area contributed by atoms with E-state index in [9.17, 15) is 38.7 Å². The van der Waals surface area contributed by atoms with Crippen LogP contribution in [0.25, 0.3) is 0 Å². The quantitative estimate of drug-likeness (QED) is 0.212. The normalized spacial score (nSPS) is 19.2. The number of carbonyl (C=O) groups excluding carboxylic acids is 3. The van der Waals surface area contributed by atoms with E-state index in [-0.39, 0.29) is 37.3 Å². The number of carboxylic acids is 1. The minimum atomic E-state index is -1.20. The minimum absolute atomic E-state index is 0.0138. The molecule has 0 spiro atoms. The van der Waals surface area contributed by atoms with Crippen LogP contribution in [0, 0.1) is 5.82 Å². The summed E-state index contributed by atoms with van der Waals surface area (Å²) >= 11 is 0. The topological polar surface area (TPSA) is 175 Å². The summed E-state index contributed by atoms with van der Waals surface area (Å²) in [6.07, 6.45) is -0.477. The van der Waals surface area contributed by atoms with Gasteiger partial charge >= 0.3 is 20.2 Å². The summed E-state index contributed by atoms with van der Waals surface area (Å²) in [5, 5.41) is 35.3. The van der Waals surface area contributed by atoms with Crippen LogP contribution in [0.3, 0.4) is 0 Å². The predicted octanol–water partition coefficient (Wildman–Crippen LogP) is -0.394. The summed E-state index contributed by atoms with van der Waals surface area (Å²) < 4.78 is 24.0. The fourth-order valence-corrected chi connectivity index (χ4v) is 5.94. The molecule has 3 aromatic carbocycles. The average molecular weight is 615 g/mol. The number of benzene rings is 3. The molecule has 3 aliphatic rings. The lowest BCUT2D eigenvalue weighted by molar-refractivity contribution is -0.138. The van der Waals surface area contributed by atoms with E-state index in [0.717, 1.165) is 23.3 Å². The van der Waals surface area contributed by atoms with Crippen LogP contribution in [0.15, 0.2) is 60.7 Å². The Morgan fingerprint density at radius 1 is 0.911 bits per heavy atom. The molecule has 0 aliphatic carbocycles. The fourth-order valence-electron chi connectivity index (χ4n) is 5.94. The highest BCUT2D eigenvalue weighted by atomic mass is 19.1. The minimum Gasteiger partial charge on any atom is -0.481 e. The molecule has 0 aromatic heterocycles. The average Bonchev–Trinajstić information content (AvgIpc) is 3.73. The second kappa shape index (κ2) is 12.4. The van der Waals surface area contributed by atoms with E-state index in [1.165, 1.54) is 29.2 Å². The van der Waals surface area contributed by atoms with Gasteiger partial charge in [-0.1, -0.05) is 24.3 Å². The first-order valence-electron chi connectivity index (χ1n) is 14.3. The molecule has 3 heterocycles. The van der Waals surface area contributed by atoms with Crippen LogP contribution in [0.2, 0.25) is 0 Å². The second-order valence-corrected chi connectivity index (χ2v) is 11.2. The van der Waals surface area contributed by atoms with Gasteiger partial charge in [0.1, 0.15) is 11.9 Å². The lowest BCUT2D eigenvalue weighted by Crippen LogP contribution is -2.47. The molecule has 45 heavy (non-hydrogen) atoms. The van der Waals surface area contributed by atoms with Gasteiger partial charge in [-0.15, -0.1) is 0 Å². The lowest BCUT2D eigenvalue weighted by Gasteiger charge is -2.26. The molecular weight excluding hydrogens is 587 g/mol. The highest BCUT2D eigenvalue weighted by Gasteiger charge is 2.42. The first-order valence-corrected chi connectivity index (χ1v) is 14.3. The Bertz CT molecular complexity index is 1670. The molecule has 1 fully saturated rings. The van der Waals surface area contributed by atoms with E-state index in [0.29, 0.717) is 16.5 Å². The van der Waals surface area contributed by atoms with Crippen LogP contribution in [0.5, 0.6) is 0 Å². The predicted molar refractivity (Wildman–Crippen MR) is 158 cm³/mol. The third kappa shape index (κ3) is 6.33. The summed E-state index contributed by atoms with van der Waals surface area (Å²) in [5.41, 5.74) is 3.22. The molecule has 0 bridgehead atoms. The van der Waals surface area contributed by atoms with Crippen LogP contribution in [-0.2, 0) is 32.1 Å². The lowest BCUT2D eigenvalue weighted by atomic mass is 9.78. The zero-order chi connectivity index (χ0) is 31.8. The van der Waals surface area contributed by atoms with E-state index in [4.69, 9.17) is 9.31 Å². The molecule has 0 unspecified atom stereocenters. The van der Waals surface area contributed by atoms with Crippen LogP contribution < -0.4 is 21.6 Å². The molecule has 3 atom stereocenters. The maximum Gasteiger partial charge on any atom is 0.491 e. The molecule has 6 rings (SSSR count). The molecular formula is C30H28B2FN3O9. The number of nitrogens with one attached hydrogen (secondary N) is 2. The van der Waals surface area contributed by atoms with Crippen molar-refractivity contribution in [1.82, 2.24) is 15.5 Å². The van der Waals surface area contributed by atoms with Gasteiger partial charge in [-0.2, -0.15) is 0 Å². The van der Waals surface area contributed by atoms with Crippen LogP contribution in [0.1, 0.15) is 56.3 Å². The van der Waals surface area contributed by atoms with Crippen LogP contribution in [0.4, 0.5) is 4.39 Å². The Hall–Kier alpha value is -4.56. The third-order valence-corrected chi connectivity index (χ3v) is 8.29. The molecule has 3 aromatic rings. The van der Waals surface area contributed by atoms with Crippen molar-refractivity contribution in [2.24, 2.45) is 0 Å². The van der Waals surface area contributed by atoms with E-state index >= 15 is 0 Å². The fraction of sp³-hybridized carbons (Fsp3) is 0.267. The number of nitrogens with zero attached hydrogens (tertiary/aromatic N) is 1. The highest BCUT2D eigenvalue weighted by Crippen LogP contribution is 2.25. The van der Waals surface area contributed by atoms with Crippen molar-refractivity contribution in [2.45, 2.75) is 44.2 Å². The Balaban J connectivity index is 1.25. The van der Waals surface area contributed by atoms with E-state index in [2.05, 4.69) is 10.6 Å². The van der Waals surface area contributed by atoms with Crippen molar-refractivity contribution in [2.75, 3.05) is 6.54 Å². The zero-order valence-corrected chi connectivity index (χ0v) is 23.8. The van der Waals surface area contributed by atoms with Crippen molar-refractivity contribution >= 4 is 48.9 Å². The van der Waals surface area contributed by atoms with Gasteiger partial charge in [0.05, 0.1) is 25.7 Å². The van der Waals surface area contributed by atoms with Crippen molar-refractivity contribution in [3.63, 3.8) is 0 Å². The largest absolute Gasteiger partial charge is 0.491 e. The van der Waals surface area contributed by atoms with Gasteiger partial charge in [0.2, 0.25) is 5.91 Å². The molecule has 3 amide bonds. The van der Waals surface area contributed by atoms with Crippen molar-refractivity contribution in [3.05, 3.63) is 94.3 Å². The van der Waals surface area contributed by atoms with Crippen LogP contribution in [-0.4, -0.2) is 76.6 Å². The zero-order valence-electron chi connectivity index (χ0n) is 23.8. The van der Waals surface area contributed by atoms with Gasteiger partial charge in [-0.05, 0) is 70.4 Å². The maximum absolute atomic E-state index is 13.8. The highest BCUT2D eigenvalue weighted by molar-refractivity contribution is 6.62. The monoisotopic (exact) mass is 615 g/mol. The Morgan fingerprint density at radius 2 is 1.51 bits per heavy atom. The number of rotatable bonds is 8. The molecule has 0 radical (unpaired) electrons. The van der Waals surface area contributed by atoms with Gasteiger partial charge < -0.3 is 40.0 Å². The SMILES string of the molecule is O=C(O)C[C@H](NC(=O)[C@@H]1C[C@@H](NC(=O)c2ccc3c(c2)B(O)OC3)CN1C(=O)c1ccc2c(c1)B(O)OC2)c1ccc(F)cc1. The number of amides is 3. The second-order valence-electron chi connectivity index (χ2n) is 11.2. The van der Waals surface area contributed by atoms with Gasteiger partial charge in [0, 0.05) is 23.7 Å². The first-order chi connectivity index (χ1) is 21.6. The number of hydrogen-bond acceptors (Lipinski definition) is 8. The first kappa shape index (κ1) is 30.5. The van der Waals surface area contributed by atoms with E-state index < -0.39 is 68.3 Å². The number of carboxylic acid groups (broad SMARTS) is 1. The molecule has 1 saturated heterocycles. The number of fused-ring (bicyclic) bond motifs is 2. The van der Waals surface area contributed by atoms with Gasteiger partial charge in [-0.3, -0.25) is 19.2 Å². The van der Waals surface area contributed by atoms with Gasteiger partial charge in [0.25, 0.3) is 11.8 Å². The van der Waals surface area contributed by atoms with Crippen molar-refractivity contribution < 1.29 is 48.0 Å². The number of halogens is 1. The summed E-state index contributed by atoms with van der Waals surface area (Å²) in [6.45, 7) is 0.366. The number of likely N-dealkylation sites (tertiary alicyclic amines) is 1. The standard InChI is InChI=1S/C30H28B2FN3O9/c33-21-7-5-16(6-8-21)25(12-27(37)38)35-29(40)26-11-22(34-28(39)17-1-3-19-14-44-31(42)23(19)9-17)13-36(26)30(41)18-2-4-20-15-45-32(43)24(20)10-18/h1-10,22,25-26,42-43H,11-15H2,(H,34,39)(H,35,40)(H,37,38)/t22-,25+,26+/m1/s1. The summed E-state index contributed by atoms with van der Waals surface area (Å²) in [7, 11) is -2.34. The molecule has 230 valence electrons. The molecule has 3 aliphatic heterocycles. The van der Waals surface area contributed by atoms with Crippen molar-refractivity contribution in [3.8, 4) is 0 Å². The summed E-state index contributed by atoms with van der Waals surface area (Å²) in [5.74, 6) is -3.40. The van der Waals surface area contributed by atoms with E-state index in [1.807, 2.05) is 0 Å². The molecule has 12 nitrogen and oxygen atoms in total. The Kier molecular flexibility index (Phi) is 8.42. The number of carbonyl (C=O) groups is 4. The summed E-state index contributed by atoms with van der Waals surface area (Å²) in [4.78, 5) is 53.7. The molecule has 0 saturated carbocycles. The van der Waals surface area contributed by atoms with Gasteiger partial charge in [-0.25, -0.2) is 4.39 Å². The van der Waals surface area contributed by atoms with Crippen molar-refractivity contribution in [1.29, 1.82) is 0 Å². The number of aliphatic carboxylic acids is 1.